The van der Waals surface area contributed by atoms with Gasteiger partial charge in [-0.05, 0) is 17.7 Å². The van der Waals surface area contributed by atoms with Crippen LogP contribution in [0.5, 0.6) is 0 Å². The molecule has 0 saturated heterocycles. The Morgan fingerprint density at radius 3 is 2.33 bits per heavy atom. The van der Waals surface area contributed by atoms with Gasteiger partial charge in [-0.25, -0.2) is 4.98 Å². The van der Waals surface area contributed by atoms with Crippen LogP contribution in [0.2, 0.25) is 5.02 Å². The molecule has 0 aliphatic heterocycles. The maximum Gasteiger partial charge on any atom is 0.433 e. The van der Waals surface area contributed by atoms with Gasteiger partial charge in [-0.2, -0.15) is 18.2 Å². The third-order valence-corrected chi connectivity index (χ3v) is 3.47. The summed E-state index contributed by atoms with van der Waals surface area (Å²) in [5, 5.41) is 12.8. The molecule has 0 radical (unpaired) electrons. The molecule has 0 saturated carbocycles. The van der Waals surface area contributed by atoms with Crippen LogP contribution in [-0.4, -0.2) is 35.8 Å². The lowest BCUT2D eigenvalue weighted by atomic mass is 10.1. The Labute approximate surface area is 142 Å². The Bertz CT molecular complexity index is 692. The minimum Gasteiger partial charge on any atom is -0.394 e. The highest BCUT2D eigenvalue weighted by molar-refractivity contribution is 6.30. The van der Waals surface area contributed by atoms with Crippen molar-refractivity contribution in [3.05, 3.63) is 46.6 Å². The van der Waals surface area contributed by atoms with Crippen LogP contribution < -0.4 is 10.2 Å². The summed E-state index contributed by atoms with van der Waals surface area (Å²) >= 11 is 5.81. The molecule has 2 N–H and O–H groups in total. The molecule has 0 aliphatic carbocycles. The first-order valence-electron chi connectivity index (χ1n) is 6.97. The van der Waals surface area contributed by atoms with Crippen LogP contribution in [0.25, 0.3) is 0 Å². The lowest BCUT2D eigenvalue weighted by molar-refractivity contribution is -0.141. The summed E-state index contributed by atoms with van der Waals surface area (Å²) < 4.78 is 39.0. The molecule has 1 atom stereocenters. The second kappa shape index (κ2) is 7.23. The topological polar surface area (TPSA) is 61.3 Å². The molecule has 0 spiro atoms. The lowest BCUT2D eigenvalue weighted by Crippen LogP contribution is -2.21. The van der Waals surface area contributed by atoms with E-state index in [0.29, 0.717) is 10.6 Å². The van der Waals surface area contributed by atoms with Crippen molar-refractivity contribution in [2.24, 2.45) is 0 Å². The fourth-order valence-electron chi connectivity index (χ4n) is 1.96. The van der Waals surface area contributed by atoms with Crippen LogP contribution in [0.3, 0.4) is 0 Å². The Balaban J connectivity index is 2.36. The number of anilines is 2. The number of aliphatic hydroxyl groups excluding tert-OH is 1. The summed E-state index contributed by atoms with van der Waals surface area (Å²) in [6, 6.07) is 6.77. The molecule has 0 aliphatic rings. The first kappa shape index (κ1) is 18.3. The van der Waals surface area contributed by atoms with E-state index in [-0.39, 0.29) is 18.4 Å². The predicted octanol–water partition coefficient (Wildman–Crippen LogP) is 3.36. The summed E-state index contributed by atoms with van der Waals surface area (Å²) in [6.07, 6.45) is -4.60. The fraction of sp³-hybridized carbons (Fsp3) is 0.333. The van der Waals surface area contributed by atoms with E-state index in [1.165, 1.54) is 4.90 Å². The Morgan fingerprint density at radius 2 is 1.83 bits per heavy atom. The monoisotopic (exact) mass is 360 g/mol. The second-order valence-corrected chi connectivity index (χ2v) is 5.69. The van der Waals surface area contributed by atoms with Gasteiger partial charge in [0.1, 0.15) is 5.82 Å². The van der Waals surface area contributed by atoms with E-state index >= 15 is 0 Å². The van der Waals surface area contributed by atoms with Crippen molar-refractivity contribution in [2.75, 3.05) is 30.9 Å². The lowest BCUT2D eigenvalue weighted by Gasteiger charge is -2.20. The van der Waals surface area contributed by atoms with E-state index in [9.17, 15) is 18.3 Å². The standard InChI is InChI=1S/C15H16ClF3N4O/c1-23(2)13-7-12(15(17,18)19)21-14(22-13)20-11(8-24)9-3-5-10(16)6-4-9/h3-7,11,24H,8H2,1-2H3,(H,20,21,22). The summed E-state index contributed by atoms with van der Waals surface area (Å²) in [4.78, 5) is 8.99. The summed E-state index contributed by atoms with van der Waals surface area (Å²) in [7, 11) is 3.16. The third kappa shape index (κ3) is 4.48. The number of hydrogen-bond donors (Lipinski definition) is 2. The van der Waals surface area contributed by atoms with E-state index in [1.54, 1.807) is 38.4 Å². The molecule has 2 rings (SSSR count). The smallest absolute Gasteiger partial charge is 0.394 e. The molecular formula is C15H16ClF3N4O. The number of aliphatic hydroxyl groups is 1. The van der Waals surface area contributed by atoms with Gasteiger partial charge in [0.2, 0.25) is 5.95 Å². The molecule has 1 unspecified atom stereocenters. The normalized spacial score (nSPS) is 12.8. The van der Waals surface area contributed by atoms with Crippen molar-refractivity contribution in [3.8, 4) is 0 Å². The summed E-state index contributed by atoms with van der Waals surface area (Å²) in [5.74, 6) is -0.116. The summed E-state index contributed by atoms with van der Waals surface area (Å²) in [6.45, 7) is -0.349. The number of halogens is 4. The van der Waals surface area contributed by atoms with Gasteiger partial charge in [0.15, 0.2) is 5.69 Å². The molecular weight excluding hydrogens is 345 g/mol. The van der Waals surface area contributed by atoms with Crippen LogP contribution in [0.1, 0.15) is 17.3 Å². The Hall–Kier alpha value is -2.06. The van der Waals surface area contributed by atoms with Crippen molar-refractivity contribution in [3.63, 3.8) is 0 Å². The number of aromatic nitrogens is 2. The highest BCUT2D eigenvalue weighted by atomic mass is 35.5. The zero-order valence-corrected chi connectivity index (χ0v) is 13.7. The minimum absolute atomic E-state index is 0.104. The Kier molecular flexibility index (Phi) is 5.51. The van der Waals surface area contributed by atoms with Gasteiger partial charge in [0.25, 0.3) is 0 Å². The maximum absolute atomic E-state index is 13.0. The predicted molar refractivity (Wildman–Crippen MR) is 86.3 cm³/mol. The van der Waals surface area contributed by atoms with Gasteiger partial charge in [0, 0.05) is 25.2 Å². The van der Waals surface area contributed by atoms with Crippen LogP contribution in [0.15, 0.2) is 30.3 Å². The molecule has 1 aromatic heterocycles. The average Bonchev–Trinajstić information content (AvgIpc) is 2.52. The third-order valence-electron chi connectivity index (χ3n) is 3.22. The fourth-order valence-corrected chi connectivity index (χ4v) is 2.08. The van der Waals surface area contributed by atoms with Crippen molar-refractivity contribution >= 4 is 23.4 Å². The number of hydrogen-bond acceptors (Lipinski definition) is 5. The summed E-state index contributed by atoms with van der Waals surface area (Å²) in [5.41, 5.74) is -0.411. The second-order valence-electron chi connectivity index (χ2n) is 5.26. The van der Waals surface area contributed by atoms with Crippen LogP contribution in [-0.2, 0) is 6.18 Å². The molecule has 9 heteroatoms. The van der Waals surface area contributed by atoms with Gasteiger partial charge in [-0.15, -0.1) is 0 Å². The molecule has 0 amide bonds. The van der Waals surface area contributed by atoms with E-state index in [2.05, 4.69) is 15.3 Å². The van der Waals surface area contributed by atoms with Crippen molar-refractivity contribution in [1.82, 2.24) is 9.97 Å². The first-order chi connectivity index (χ1) is 11.2. The highest BCUT2D eigenvalue weighted by Gasteiger charge is 2.34. The van der Waals surface area contributed by atoms with E-state index in [0.717, 1.165) is 6.07 Å². The molecule has 0 fully saturated rings. The zero-order chi connectivity index (χ0) is 17.9. The van der Waals surface area contributed by atoms with Gasteiger partial charge >= 0.3 is 6.18 Å². The Morgan fingerprint density at radius 1 is 1.21 bits per heavy atom. The number of rotatable bonds is 5. The molecule has 130 valence electrons. The van der Waals surface area contributed by atoms with Crippen molar-refractivity contribution in [2.45, 2.75) is 12.2 Å². The van der Waals surface area contributed by atoms with Gasteiger partial charge in [-0.1, -0.05) is 23.7 Å². The van der Waals surface area contributed by atoms with Gasteiger partial charge < -0.3 is 15.3 Å². The zero-order valence-electron chi connectivity index (χ0n) is 13.0. The number of alkyl halides is 3. The molecule has 2 aromatic rings. The van der Waals surface area contributed by atoms with Crippen LogP contribution in [0.4, 0.5) is 24.9 Å². The van der Waals surface area contributed by atoms with Crippen molar-refractivity contribution in [1.29, 1.82) is 0 Å². The minimum atomic E-state index is -4.60. The van der Waals surface area contributed by atoms with Crippen LogP contribution in [0, 0.1) is 0 Å². The molecule has 0 bridgehead atoms. The number of nitrogens with zero attached hydrogens (tertiary/aromatic N) is 3. The molecule has 24 heavy (non-hydrogen) atoms. The van der Waals surface area contributed by atoms with E-state index < -0.39 is 17.9 Å². The van der Waals surface area contributed by atoms with Gasteiger partial charge in [0.05, 0.1) is 12.6 Å². The average molecular weight is 361 g/mol. The SMILES string of the molecule is CN(C)c1cc(C(F)(F)F)nc(NC(CO)c2ccc(Cl)cc2)n1. The first-order valence-corrected chi connectivity index (χ1v) is 7.35. The van der Waals surface area contributed by atoms with E-state index in [4.69, 9.17) is 11.6 Å². The molecule has 1 heterocycles. The molecule has 1 aromatic carbocycles. The largest absolute Gasteiger partial charge is 0.433 e. The molecule has 5 nitrogen and oxygen atoms in total. The van der Waals surface area contributed by atoms with Crippen LogP contribution >= 0.6 is 11.6 Å². The van der Waals surface area contributed by atoms with Crippen molar-refractivity contribution < 1.29 is 18.3 Å². The quantitative estimate of drug-likeness (QED) is 0.856. The maximum atomic E-state index is 13.0. The number of nitrogens with one attached hydrogen (secondary N) is 1. The highest BCUT2D eigenvalue weighted by Crippen LogP contribution is 2.31. The van der Waals surface area contributed by atoms with E-state index in [1.807, 2.05) is 0 Å². The van der Waals surface area contributed by atoms with Gasteiger partial charge in [-0.3, -0.25) is 0 Å². The number of benzene rings is 1.